The summed E-state index contributed by atoms with van der Waals surface area (Å²) in [4.78, 5) is 4.27. The van der Waals surface area contributed by atoms with Crippen LogP contribution in [-0.2, 0) is 0 Å². The Balaban J connectivity index is 2.26. The van der Waals surface area contributed by atoms with E-state index in [1.165, 1.54) is 17.4 Å². The first-order valence-corrected chi connectivity index (χ1v) is 6.23. The quantitative estimate of drug-likeness (QED) is 0.700. The summed E-state index contributed by atoms with van der Waals surface area (Å²) in [5.41, 5.74) is 0.0868. The van der Waals surface area contributed by atoms with Crippen LogP contribution in [0.1, 0.15) is 36.3 Å². The smallest absolute Gasteiger partial charge is 0.168 e. The van der Waals surface area contributed by atoms with Gasteiger partial charge in [-0.3, -0.25) is 0 Å². The molecule has 0 unspecified atom stereocenters. The summed E-state index contributed by atoms with van der Waals surface area (Å²) in [6, 6.07) is 1.33. The lowest BCUT2D eigenvalue weighted by Crippen LogP contribution is -1.91. The number of thiazole rings is 1. The van der Waals surface area contributed by atoms with Crippen molar-refractivity contribution in [1.29, 1.82) is 0 Å². The van der Waals surface area contributed by atoms with Crippen LogP contribution in [0.15, 0.2) is 6.07 Å². The van der Waals surface area contributed by atoms with E-state index in [9.17, 15) is 8.78 Å². The molecule has 86 valence electrons. The first kappa shape index (κ1) is 10.7. The third-order valence-electron chi connectivity index (χ3n) is 2.77. The Labute approximate surface area is 101 Å². The molecule has 2 aromatic rings. The van der Waals surface area contributed by atoms with E-state index in [2.05, 4.69) is 16.8 Å². The fraction of sp³-hybridized carbons (Fsp3) is 0.308. The van der Waals surface area contributed by atoms with Crippen LogP contribution in [0.4, 0.5) is 8.78 Å². The molecule has 1 aromatic carbocycles. The van der Waals surface area contributed by atoms with E-state index in [4.69, 9.17) is 0 Å². The second-order valence-electron chi connectivity index (χ2n) is 4.10. The van der Waals surface area contributed by atoms with Crippen LogP contribution >= 0.6 is 11.3 Å². The van der Waals surface area contributed by atoms with E-state index in [0.717, 1.165) is 17.8 Å². The van der Waals surface area contributed by atoms with E-state index in [1.54, 1.807) is 6.92 Å². The number of hydrogen-bond acceptors (Lipinski definition) is 2. The first-order chi connectivity index (χ1) is 8.20. The molecule has 1 saturated carbocycles. The minimum atomic E-state index is -0.627. The summed E-state index contributed by atoms with van der Waals surface area (Å²) < 4.78 is 28.2. The molecular weight excluding hydrogens is 240 g/mol. The van der Waals surface area contributed by atoms with E-state index in [1.807, 2.05) is 0 Å². The summed E-state index contributed by atoms with van der Waals surface area (Å²) in [6.07, 6.45) is 2.21. The predicted octanol–water partition coefficient (Wildman–Crippen LogP) is 3.82. The van der Waals surface area contributed by atoms with Crippen molar-refractivity contribution >= 4 is 21.6 Å². The van der Waals surface area contributed by atoms with Gasteiger partial charge >= 0.3 is 0 Å². The van der Waals surface area contributed by atoms with Crippen LogP contribution in [0.25, 0.3) is 10.2 Å². The summed E-state index contributed by atoms with van der Waals surface area (Å²) in [5.74, 6) is 4.20. The normalized spacial score (nSPS) is 14.8. The minimum Gasteiger partial charge on any atom is -0.238 e. The monoisotopic (exact) mass is 249 g/mol. The van der Waals surface area contributed by atoms with Gasteiger partial charge in [0.15, 0.2) is 5.82 Å². The SMILES string of the molecule is CC#Cc1c(F)cc2sc(C3CC3)nc2c1F. The fourth-order valence-corrected chi connectivity index (χ4v) is 2.92. The summed E-state index contributed by atoms with van der Waals surface area (Å²) in [7, 11) is 0. The maximum atomic E-state index is 14.0. The van der Waals surface area contributed by atoms with Gasteiger partial charge in [-0.25, -0.2) is 13.8 Å². The molecule has 3 rings (SSSR count). The molecule has 1 nitrogen and oxygen atoms in total. The number of fused-ring (bicyclic) bond motifs is 1. The summed E-state index contributed by atoms with van der Waals surface area (Å²) in [6.45, 7) is 1.56. The van der Waals surface area contributed by atoms with Crippen molar-refractivity contribution in [3.8, 4) is 11.8 Å². The van der Waals surface area contributed by atoms with Gasteiger partial charge in [0.2, 0.25) is 0 Å². The van der Waals surface area contributed by atoms with Crippen molar-refractivity contribution < 1.29 is 8.78 Å². The number of halogens is 2. The van der Waals surface area contributed by atoms with Crippen LogP contribution in [0.3, 0.4) is 0 Å². The number of nitrogens with zero attached hydrogens (tertiary/aromatic N) is 1. The van der Waals surface area contributed by atoms with Gasteiger partial charge < -0.3 is 0 Å². The molecule has 0 aliphatic heterocycles. The molecule has 1 heterocycles. The molecule has 17 heavy (non-hydrogen) atoms. The number of aromatic nitrogens is 1. The van der Waals surface area contributed by atoms with E-state index in [0.29, 0.717) is 10.6 Å². The molecule has 1 aromatic heterocycles. The van der Waals surface area contributed by atoms with Crippen molar-refractivity contribution in [2.24, 2.45) is 0 Å². The van der Waals surface area contributed by atoms with Crippen LogP contribution in [-0.4, -0.2) is 4.98 Å². The fourth-order valence-electron chi connectivity index (χ4n) is 1.76. The first-order valence-electron chi connectivity index (χ1n) is 5.42. The molecular formula is C13H9F2NS. The molecule has 0 atom stereocenters. The molecule has 0 saturated heterocycles. The van der Waals surface area contributed by atoms with Crippen LogP contribution in [0.2, 0.25) is 0 Å². The van der Waals surface area contributed by atoms with Crippen molar-refractivity contribution in [3.63, 3.8) is 0 Å². The molecule has 4 heteroatoms. The average molecular weight is 249 g/mol. The Bertz CT molecular complexity index is 659. The van der Waals surface area contributed by atoms with Crippen molar-refractivity contribution in [1.82, 2.24) is 4.98 Å². The lowest BCUT2D eigenvalue weighted by atomic mass is 10.2. The van der Waals surface area contributed by atoms with Crippen LogP contribution < -0.4 is 0 Å². The van der Waals surface area contributed by atoms with Crippen molar-refractivity contribution in [2.45, 2.75) is 25.7 Å². The zero-order valence-corrected chi connectivity index (χ0v) is 10.00. The van der Waals surface area contributed by atoms with Gasteiger partial charge in [-0.2, -0.15) is 0 Å². The average Bonchev–Trinajstić information content (AvgIpc) is 3.06. The lowest BCUT2D eigenvalue weighted by molar-refractivity contribution is 0.585. The largest absolute Gasteiger partial charge is 0.238 e. The van der Waals surface area contributed by atoms with Gasteiger partial charge in [-0.05, 0) is 25.8 Å². The molecule has 1 aliphatic rings. The Morgan fingerprint density at radius 3 is 2.82 bits per heavy atom. The third-order valence-corrected chi connectivity index (χ3v) is 3.94. The van der Waals surface area contributed by atoms with Crippen LogP contribution in [0, 0.1) is 23.5 Å². The molecule has 0 amide bonds. The van der Waals surface area contributed by atoms with E-state index < -0.39 is 11.6 Å². The van der Waals surface area contributed by atoms with E-state index >= 15 is 0 Å². The van der Waals surface area contributed by atoms with Gasteiger partial charge in [0, 0.05) is 5.92 Å². The maximum Gasteiger partial charge on any atom is 0.168 e. The van der Waals surface area contributed by atoms with Gasteiger partial charge in [0.1, 0.15) is 11.3 Å². The Morgan fingerprint density at radius 2 is 2.18 bits per heavy atom. The third kappa shape index (κ3) is 1.71. The van der Waals surface area contributed by atoms with Gasteiger partial charge in [-0.1, -0.05) is 5.92 Å². The number of hydrogen-bond donors (Lipinski definition) is 0. The lowest BCUT2D eigenvalue weighted by Gasteiger charge is -1.97. The number of rotatable bonds is 1. The van der Waals surface area contributed by atoms with E-state index in [-0.39, 0.29) is 11.1 Å². The van der Waals surface area contributed by atoms with Gasteiger partial charge in [-0.15, -0.1) is 17.3 Å². The highest BCUT2D eigenvalue weighted by molar-refractivity contribution is 7.18. The Morgan fingerprint density at radius 1 is 1.41 bits per heavy atom. The highest BCUT2D eigenvalue weighted by atomic mass is 32.1. The van der Waals surface area contributed by atoms with Crippen molar-refractivity contribution in [2.75, 3.05) is 0 Å². The second kappa shape index (κ2) is 3.78. The van der Waals surface area contributed by atoms with Crippen LogP contribution in [0.5, 0.6) is 0 Å². The summed E-state index contributed by atoms with van der Waals surface area (Å²) >= 11 is 1.38. The highest BCUT2D eigenvalue weighted by Gasteiger charge is 2.28. The summed E-state index contributed by atoms with van der Waals surface area (Å²) in [5, 5.41) is 0.917. The minimum absolute atomic E-state index is 0.173. The molecule has 0 radical (unpaired) electrons. The maximum absolute atomic E-state index is 14.0. The number of benzene rings is 1. The Hall–Kier alpha value is -1.47. The van der Waals surface area contributed by atoms with Gasteiger partial charge in [0.05, 0.1) is 15.3 Å². The zero-order valence-electron chi connectivity index (χ0n) is 9.18. The molecule has 0 N–H and O–H groups in total. The molecule has 0 spiro atoms. The molecule has 1 fully saturated rings. The highest BCUT2D eigenvalue weighted by Crippen LogP contribution is 2.43. The van der Waals surface area contributed by atoms with Crippen molar-refractivity contribution in [3.05, 3.63) is 28.3 Å². The zero-order chi connectivity index (χ0) is 12.0. The standard InChI is InChI=1S/C13H9F2NS/c1-2-3-8-9(14)6-10-12(11(8)15)16-13(17-10)7-4-5-7/h6-7H,4-5H2,1H3. The molecule has 0 bridgehead atoms. The molecule has 1 aliphatic carbocycles. The van der Waals surface area contributed by atoms with Gasteiger partial charge in [0.25, 0.3) is 0 Å². The second-order valence-corrected chi connectivity index (χ2v) is 5.16. The predicted molar refractivity (Wildman–Crippen MR) is 64.1 cm³/mol. The Kier molecular flexibility index (Phi) is 2.37. The topological polar surface area (TPSA) is 12.9 Å².